The Morgan fingerprint density at radius 3 is 2.25 bits per heavy atom. The number of nitrogens with one attached hydrogen (secondary N) is 2. The van der Waals surface area contributed by atoms with Crippen LogP contribution in [0.2, 0.25) is 0 Å². The van der Waals surface area contributed by atoms with Gasteiger partial charge in [-0.2, -0.15) is 0 Å². The van der Waals surface area contributed by atoms with Crippen LogP contribution in [0.25, 0.3) is 11.6 Å². The van der Waals surface area contributed by atoms with Gasteiger partial charge in [-0.05, 0) is 62.1 Å². The number of hydrogen-bond acceptors (Lipinski definition) is 3. The Morgan fingerprint density at radius 2 is 1.69 bits per heavy atom. The summed E-state index contributed by atoms with van der Waals surface area (Å²) in [6, 6.07) is 18.2. The molecule has 0 bridgehead atoms. The largest absolute Gasteiger partial charge is 2.00 e. The number of allylic oxidation sites excluding steroid dienone is 1. The van der Waals surface area contributed by atoms with Crippen molar-refractivity contribution in [2.75, 3.05) is 6.54 Å². The molecule has 0 saturated heterocycles. The van der Waals surface area contributed by atoms with Crippen molar-refractivity contribution in [3.8, 4) is 0 Å². The molecule has 0 spiro atoms. The minimum absolute atomic E-state index is 0. The van der Waals surface area contributed by atoms with Gasteiger partial charge in [-0.1, -0.05) is 93.9 Å². The molecule has 0 radical (unpaired) electrons. The number of rotatable bonds is 7. The minimum Gasteiger partial charge on any atom is -0.677 e. The summed E-state index contributed by atoms with van der Waals surface area (Å²) in [6.07, 6.45) is 6.31. The molecule has 0 aromatic heterocycles. The van der Waals surface area contributed by atoms with Crippen molar-refractivity contribution >= 4 is 5.84 Å². The van der Waals surface area contributed by atoms with Crippen LogP contribution in [0.3, 0.4) is 0 Å². The zero-order valence-electron chi connectivity index (χ0n) is 23.0. The molecule has 0 saturated carbocycles. The van der Waals surface area contributed by atoms with Crippen molar-refractivity contribution in [3.05, 3.63) is 94.6 Å². The van der Waals surface area contributed by atoms with E-state index in [0.29, 0.717) is 25.0 Å². The Balaban J connectivity index is 0.000000521. The maximum atomic E-state index is 6.94. The molecule has 198 valence electrons. The number of hydrogen-bond donors (Lipinski definition) is 1. The van der Waals surface area contributed by atoms with Gasteiger partial charge >= 0.3 is 21.1 Å². The van der Waals surface area contributed by atoms with Gasteiger partial charge in [0, 0.05) is 5.92 Å². The molecule has 1 heterocycles. The normalized spacial score (nSPS) is 18.9. The predicted octanol–water partition coefficient (Wildman–Crippen LogP) is 8.15. The van der Waals surface area contributed by atoms with Gasteiger partial charge in [0.1, 0.15) is 0 Å². The van der Waals surface area contributed by atoms with E-state index in [-0.39, 0.29) is 26.6 Å². The van der Waals surface area contributed by atoms with E-state index in [9.17, 15) is 0 Å². The molecule has 1 aliphatic heterocycles. The van der Waals surface area contributed by atoms with E-state index in [1.807, 2.05) is 30.3 Å². The molecule has 0 aliphatic carbocycles. The molecule has 0 fully saturated rings. The second-order valence-corrected chi connectivity index (χ2v) is 9.88. The summed E-state index contributed by atoms with van der Waals surface area (Å²) in [5.41, 5.74) is 17.8. The van der Waals surface area contributed by atoms with Gasteiger partial charge in [0.2, 0.25) is 0 Å². The molecule has 3 rings (SSSR count). The van der Waals surface area contributed by atoms with E-state index >= 15 is 0 Å². The van der Waals surface area contributed by atoms with E-state index in [0.717, 1.165) is 37.1 Å². The monoisotopic (exact) mass is 662 g/mol. The predicted molar refractivity (Wildman–Crippen MR) is 151 cm³/mol. The second kappa shape index (κ2) is 18.5. The molecule has 2 atom stereocenters. The summed E-state index contributed by atoms with van der Waals surface area (Å²) in [6.45, 7) is 14.0. The van der Waals surface area contributed by atoms with Crippen molar-refractivity contribution in [2.24, 2.45) is 22.6 Å². The van der Waals surface area contributed by atoms with E-state index in [2.05, 4.69) is 76.7 Å². The molecule has 2 aromatic carbocycles. The molecule has 4 N–H and O–H groups in total. The number of nitrogens with zero attached hydrogens (tertiary/aromatic N) is 1. The smallest absolute Gasteiger partial charge is 0.677 e. The van der Waals surface area contributed by atoms with Gasteiger partial charge in [-0.25, -0.2) is 0 Å². The van der Waals surface area contributed by atoms with Gasteiger partial charge in [0.25, 0.3) is 0 Å². The molecule has 6 heteroatoms. The second-order valence-electron chi connectivity index (χ2n) is 9.88. The maximum Gasteiger partial charge on any atom is 2.00 e. The minimum atomic E-state index is -0.0803. The third-order valence-corrected chi connectivity index (χ3v) is 6.21. The number of aryl methyl sites for hydroxylation is 1. The summed E-state index contributed by atoms with van der Waals surface area (Å²) in [7, 11) is 0. The number of aliphatic imine (C=N–C) groups is 1. The Hall–Kier alpha value is -1.78. The Kier molecular flexibility index (Phi) is 17.5. The van der Waals surface area contributed by atoms with E-state index in [4.69, 9.17) is 22.4 Å². The first kappa shape index (κ1) is 34.2. The molecular weight excluding hydrogens is 616 g/mol. The molecule has 36 heavy (non-hydrogen) atoms. The first-order valence-electron chi connectivity index (χ1n) is 12.7. The van der Waals surface area contributed by atoms with Crippen LogP contribution < -0.4 is 5.73 Å². The zero-order chi connectivity index (χ0) is 26.3. The van der Waals surface area contributed by atoms with Crippen molar-refractivity contribution in [1.29, 1.82) is 0 Å². The van der Waals surface area contributed by atoms with Crippen molar-refractivity contribution in [3.63, 3.8) is 0 Å². The average molecular weight is 663 g/mol. The Labute approximate surface area is 234 Å². The van der Waals surface area contributed by atoms with Gasteiger partial charge < -0.3 is 22.2 Å². The zero-order valence-corrected chi connectivity index (χ0v) is 25.9. The topological polar surface area (TPSA) is 95.2 Å². The van der Waals surface area contributed by atoms with Crippen molar-refractivity contribution in [1.82, 2.24) is 0 Å². The molecule has 5 nitrogen and oxygen atoms in total. The molecule has 0 amide bonds. The van der Waals surface area contributed by atoms with Crippen LogP contribution in [-0.2, 0) is 45.4 Å². The molecule has 2 unspecified atom stereocenters. The van der Waals surface area contributed by atoms with Crippen molar-refractivity contribution in [2.45, 2.75) is 79.4 Å². The Morgan fingerprint density at radius 1 is 1.08 bits per heavy atom. The van der Waals surface area contributed by atoms with Crippen LogP contribution in [0.4, 0.5) is 0 Å². The third kappa shape index (κ3) is 13.0. The van der Waals surface area contributed by atoms with Gasteiger partial charge in [0.05, 0.1) is 18.0 Å². The SMILES string of the molecule is CC1=CCC(C)C(N)=NC1(C)CC(C)C.CCc1cccc(CO[NH-])c1.[NH-]CCc1ccccc1.[W+2]. The number of nitrogens with two attached hydrogens (primary N) is 1. The van der Waals surface area contributed by atoms with Gasteiger partial charge in [-0.15, -0.1) is 6.54 Å². The van der Waals surface area contributed by atoms with E-state index < -0.39 is 0 Å². The summed E-state index contributed by atoms with van der Waals surface area (Å²) in [5.74, 6) is 8.40. The van der Waals surface area contributed by atoms with Crippen LogP contribution >= 0.6 is 0 Å². The van der Waals surface area contributed by atoms with Crippen LogP contribution in [0, 0.1) is 11.8 Å². The fourth-order valence-electron chi connectivity index (χ4n) is 3.99. The number of amidine groups is 1. The Bertz CT molecular complexity index is 914. The van der Waals surface area contributed by atoms with E-state index in [1.165, 1.54) is 16.7 Å². The summed E-state index contributed by atoms with van der Waals surface area (Å²) in [5, 5.41) is 0. The fourth-order valence-corrected chi connectivity index (χ4v) is 3.99. The fraction of sp³-hybridized carbons (Fsp3) is 0.500. The summed E-state index contributed by atoms with van der Waals surface area (Å²) >= 11 is 0. The summed E-state index contributed by atoms with van der Waals surface area (Å²) < 4.78 is 0. The maximum absolute atomic E-state index is 6.94. The summed E-state index contributed by atoms with van der Waals surface area (Å²) in [4.78, 5) is 9.01. The average Bonchev–Trinajstić information content (AvgIpc) is 2.92. The number of benzene rings is 2. The molecular formula is C30H46N4OW. The molecule has 2 aromatic rings. The van der Waals surface area contributed by atoms with Gasteiger partial charge in [-0.3, -0.25) is 4.99 Å². The van der Waals surface area contributed by atoms with Crippen LogP contribution in [0.15, 0.2) is 71.2 Å². The standard InChI is InChI=1S/C13H24N2.C9H12NO.C8H10N.W/c1-9(2)8-13(5)11(4)7-6-10(3)12(14)15-13;1-2-8-4-3-5-9(6-8)7-11-10;9-7-6-8-4-2-1-3-5-8;/h7,9-10H,6,8H2,1-5H3,(H2,14,15);3-6,10H,2,7H2,1H3;1-5,9H,6-7H2;/q;2*-1;+2. The quantitative estimate of drug-likeness (QED) is 0.239. The van der Waals surface area contributed by atoms with Crippen LogP contribution in [0.5, 0.6) is 0 Å². The molecule has 1 aliphatic rings. The van der Waals surface area contributed by atoms with Gasteiger partial charge in [0.15, 0.2) is 0 Å². The first-order chi connectivity index (χ1) is 16.6. The van der Waals surface area contributed by atoms with Crippen LogP contribution in [0.1, 0.15) is 71.1 Å². The van der Waals surface area contributed by atoms with Crippen LogP contribution in [-0.4, -0.2) is 17.9 Å². The van der Waals surface area contributed by atoms with Crippen molar-refractivity contribution < 1.29 is 25.9 Å². The van der Waals surface area contributed by atoms with E-state index in [1.54, 1.807) is 0 Å². The third-order valence-electron chi connectivity index (χ3n) is 6.21. The first-order valence-corrected chi connectivity index (χ1v) is 12.7.